The number of methoxy groups -OCH3 is 1. The lowest BCUT2D eigenvalue weighted by atomic mass is 10.1. The summed E-state index contributed by atoms with van der Waals surface area (Å²) in [6, 6.07) is 5.98. The van der Waals surface area contributed by atoms with Gasteiger partial charge < -0.3 is 14.9 Å². The highest BCUT2D eigenvalue weighted by atomic mass is 16.5. The number of nitrogens with one attached hydrogen (secondary N) is 1. The monoisotopic (exact) mass is 253 g/mol. The highest BCUT2D eigenvalue weighted by molar-refractivity contribution is 5.80. The van der Waals surface area contributed by atoms with Crippen molar-refractivity contribution in [2.24, 2.45) is 0 Å². The summed E-state index contributed by atoms with van der Waals surface area (Å²) in [4.78, 5) is 21.3. The molecule has 6 nitrogen and oxygen atoms in total. The Morgan fingerprint density at radius 1 is 1.28 bits per heavy atom. The fourth-order valence-corrected chi connectivity index (χ4v) is 1.41. The van der Waals surface area contributed by atoms with Crippen molar-refractivity contribution >= 4 is 11.9 Å². The molecule has 0 bridgehead atoms. The molecular weight excluding hydrogens is 238 g/mol. The highest BCUT2D eigenvalue weighted by Gasteiger charge is 2.19. The maximum atomic E-state index is 10.8. The van der Waals surface area contributed by atoms with Crippen LogP contribution >= 0.6 is 0 Å². The molecule has 0 radical (unpaired) electrons. The quantitative estimate of drug-likeness (QED) is 0.662. The van der Waals surface area contributed by atoms with Crippen LogP contribution in [0.1, 0.15) is 12.0 Å². The maximum absolute atomic E-state index is 10.8. The van der Waals surface area contributed by atoms with Crippen molar-refractivity contribution < 1.29 is 24.5 Å². The van der Waals surface area contributed by atoms with Crippen LogP contribution in [-0.2, 0) is 16.1 Å². The minimum atomic E-state index is -1.18. The van der Waals surface area contributed by atoms with Crippen LogP contribution in [0.4, 0.5) is 0 Å². The largest absolute Gasteiger partial charge is 0.497 e. The van der Waals surface area contributed by atoms with Crippen LogP contribution in [0.25, 0.3) is 0 Å². The first-order valence-corrected chi connectivity index (χ1v) is 5.34. The summed E-state index contributed by atoms with van der Waals surface area (Å²) in [5.41, 5.74) is 0.854. The second kappa shape index (κ2) is 6.61. The molecule has 0 saturated carbocycles. The summed E-state index contributed by atoms with van der Waals surface area (Å²) in [6.45, 7) is 0.286. The van der Waals surface area contributed by atoms with Gasteiger partial charge >= 0.3 is 11.9 Å². The Morgan fingerprint density at radius 3 is 2.33 bits per heavy atom. The predicted molar refractivity (Wildman–Crippen MR) is 63.5 cm³/mol. The van der Waals surface area contributed by atoms with Gasteiger partial charge in [0.2, 0.25) is 0 Å². The molecule has 0 heterocycles. The fraction of sp³-hybridized carbons (Fsp3) is 0.333. The number of carboxylic acids is 2. The molecule has 1 rings (SSSR count). The number of carbonyl (C=O) groups is 2. The summed E-state index contributed by atoms with van der Waals surface area (Å²) in [7, 11) is 1.56. The van der Waals surface area contributed by atoms with Crippen molar-refractivity contribution in [2.45, 2.75) is 19.0 Å². The van der Waals surface area contributed by atoms with E-state index in [4.69, 9.17) is 14.9 Å². The van der Waals surface area contributed by atoms with E-state index in [2.05, 4.69) is 5.32 Å². The molecule has 18 heavy (non-hydrogen) atoms. The SMILES string of the molecule is COc1ccc(CN[C@@H](CC(=O)O)C(=O)O)cc1. The van der Waals surface area contributed by atoms with Crippen LogP contribution in [0, 0.1) is 0 Å². The number of hydrogen-bond donors (Lipinski definition) is 3. The molecule has 1 aromatic rings. The standard InChI is InChI=1S/C12H15NO5/c1-18-9-4-2-8(3-5-9)7-13-10(12(16)17)6-11(14)15/h2-5,10,13H,6-7H2,1H3,(H,14,15)(H,16,17)/t10-/m0/s1. The zero-order valence-electron chi connectivity index (χ0n) is 9.92. The van der Waals surface area contributed by atoms with Gasteiger partial charge in [0.15, 0.2) is 0 Å². The van der Waals surface area contributed by atoms with Crippen LogP contribution in [0.5, 0.6) is 5.75 Å². The Labute approximate surface area is 104 Å². The van der Waals surface area contributed by atoms with Gasteiger partial charge in [-0.1, -0.05) is 12.1 Å². The smallest absolute Gasteiger partial charge is 0.321 e. The summed E-state index contributed by atoms with van der Waals surface area (Å²) >= 11 is 0. The van der Waals surface area contributed by atoms with Crippen LogP contribution < -0.4 is 10.1 Å². The van der Waals surface area contributed by atoms with Gasteiger partial charge in [-0.05, 0) is 17.7 Å². The molecule has 1 aromatic carbocycles. The Balaban J connectivity index is 2.55. The molecule has 0 spiro atoms. The van der Waals surface area contributed by atoms with E-state index in [9.17, 15) is 9.59 Å². The van der Waals surface area contributed by atoms with Crippen LogP contribution in [-0.4, -0.2) is 35.3 Å². The highest BCUT2D eigenvalue weighted by Crippen LogP contribution is 2.11. The number of aliphatic carboxylic acids is 2. The topological polar surface area (TPSA) is 95.9 Å². The summed E-state index contributed by atoms with van der Waals surface area (Å²) in [6.07, 6.45) is -0.453. The number of ether oxygens (including phenoxy) is 1. The third-order valence-electron chi connectivity index (χ3n) is 2.39. The molecule has 0 aliphatic rings. The second-order valence-electron chi connectivity index (χ2n) is 3.72. The van der Waals surface area contributed by atoms with E-state index in [1.165, 1.54) is 0 Å². The van der Waals surface area contributed by atoms with E-state index >= 15 is 0 Å². The van der Waals surface area contributed by atoms with Gasteiger partial charge in [-0.15, -0.1) is 0 Å². The van der Waals surface area contributed by atoms with E-state index in [0.29, 0.717) is 5.75 Å². The van der Waals surface area contributed by atoms with Crippen LogP contribution in [0.3, 0.4) is 0 Å². The fourth-order valence-electron chi connectivity index (χ4n) is 1.41. The minimum Gasteiger partial charge on any atom is -0.497 e. The van der Waals surface area contributed by atoms with Gasteiger partial charge in [0, 0.05) is 6.54 Å². The van der Waals surface area contributed by atoms with Crippen LogP contribution in [0.2, 0.25) is 0 Å². The Kier molecular flexibility index (Phi) is 5.13. The first-order chi connectivity index (χ1) is 8.52. The number of benzene rings is 1. The van der Waals surface area contributed by atoms with Crippen molar-refractivity contribution in [1.29, 1.82) is 0 Å². The van der Waals surface area contributed by atoms with Crippen LogP contribution in [0.15, 0.2) is 24.3 Å². The molecule has 0 saturated heterocycles. The Morgan fingerprint density at radius 2 is 1.89 bits per heavy atom. The van der Waals surface area contributed by atoms with E-state index in [-0.39, 0.29) is 6.54 Å². The van der Waals surface area contributed by atoms with Gasteiger partial charge in [-0.25, -0.2) is 0 Å². The molecular formula is C12H15NO5. The van der Waals surface area contributed by atoms with Gasteiger partial charge in [0.25, 0.3) is 0 Å². The number of carboxylic acid groups (broad SMARTS) is 2. The molecule has 0 fully saturated rings. The van der Waals surface area contributed by atoms with Gasteiger partial charge in [-0.3, -0.25) is 14.9 Å². The van der Waals surface area contributed by atoms with Gasteiger partial charge in [0.1, 0.15) is 11.8 Å². The molecule has 0 aliphatic heterocycles. The van der Waals surface area contributed by atoms with Gasteiger partial charge in [0.05, 0.1) is 13.5 Å². The molecule has 0 aliphatic carbocycles. The van der Waals surface area contributed by atoms with E-state index in [0.717, 1.165) is 5.56 Å². The molecule has 0 amide bonds. The molecule has 0 unspecified atom stereocenters. The van der Waals surface area contributed by atoms with Crippen molar-refractivity contribution in [3.05, 3.63) is 29.8 Å². The average molecular weight is 253 g/mol. The first-order valence-electron chi connectivity index (χ1n) is 5.34. The minimum absolute atomic E-state index is 0.286. The summed E-state index contributed by atoms with van der Waals surface area (Å²) in [5.74, 6) is -1.62. The third-order valence-corrected chi connectivity index (χ3v) is 2.39. The predicted octanol–water partition coefficient (Wildman–Crippen LogP) is 0.713. The van der Waals surface area contributed by atoms with Crippen molar-refractivity contribution in [1.82, 2.24) is 5.32 Å². The zero-order chi connectivity index (χ0) is 13.5. The number of hydrogen-bond acceptors (Lipinski definition) is 4. The van der Waals surface area contributed by atoms with Crippen molar-refractivity contribution in [3.8, 4) is 5.75 Å². The number of rotatable bonds is 7. The van der Waals surface area contributed by atoms with Crippen molar-refractivity contribution in [2.75, 3.05) is 7.11 Å². The second-order valence-corrected chi connectivity index (χ2v) is 3.72. The normalized spacial score (nSPS) is 11.8. The maximum Gasteiger partial charge on any atom is 0.321 e. The third kappa shape index (κ3) is 4.42. The molecule has 6 heteroatoms. The first kappa shape index (κ1) is 14.0. The zero-order valence-corrected chi connectivity index (χ0v) is 9.92. The molecule has 98 valence electrons. The van der Waals surface area contributed by atoms with Gasteiger partial charge in [-0.2, -0.15) is 0 Å². The Hall–Kier alpha value is -2.08. The summed E-state index contributed by atoms with van der Waals surface area (Å²) in [5, 5.41) is 20.1. The molecule has 1 atom stereocenters. The molecule has 0 aromatic heterocycles. The lowest BCUT2D eigenvalue weighted by Gasteiger charge is -2.12. The van der Waals surface area contributed by atoms with E-state index < -0.39 is 24.4 Å². The van der Waals surface area contributed by atoms with E-state index in [1.54, 1.807) is 31.4 Å². The average Bonchev–Trinajstić information content (AvgIpc) is 2.34. The Bertz CT molecular complexity index is 415. The lowest BCUT2D eigenvalue weighted by Crippen LogP contribution is -2.38. The lowest BCUT2D eigenvalue weighted by molar-refractivity contribution is -0.146. The van der Waals surface area contributed by atoms with Crippen molar-refractivity contribution in [3.63, 3.8) is 0 Å². The summed E-state index contributed by atoms with van der Waals surface area (Å²) < 4.78 is 4.99. The van der Waals surface area contributed by atoms with E-state index in [1.807, 2.05) is 0 Å². The molecule has 3 N–H and O–H groups in total.